The number of carbonyl (C=O) groups is 1. The molecule has 0 saturated carbocycles. The van der Waals surface area contributed by atoms with Crippen LogP contribution in [0.1, 0.15) is 31.4 Å². The van der Waals surface area contributed by atoms with Crippen molar-refractivity contribution in [3.63, 3.8) is 0 Å². The van der Waals surface area contributed by atoms with Gasteiger partial charge in [0.1, 0.15) is 11.3 Å². The number of benzene rings is 2. The van der Waals surface area contributed by atoms with Gasteiger partial charge in [-0.15, -0.1) is 0 Å². The van der Waals surface area contributed by atoms with E-state index in [2.05, 4.69) is 9.83 Å². The molecule has 1 aliphatic rings. The zero-order valence-corrected chi connectivity index (χ0v) is 22.3. The Hall–Kier alpha value is -3.47. The Labute approximate surface area is 222 Å². The first-order valence-corrected chi connectivity index (χ1v) is 12.4. The van der Waals surface area contributed by atoms with Gasteiger partial charge < -0.3 is 9.64 Å². The van der Waals surface area contributed by atoms with Gasteiger partial charge in [-0.25, -0.2) is 4.85 Å². The monoisotopic (exact) mass is 518 g/mol. The largest absolute Gasteiger partial charge is 0.493 e. The normalized spacial score (nSPS) is 14.8. The van der Waals surface area contributed by atoms with Gasteiger partial charge in [-0.1, -0.05) is 17.7 Å². The van der Waals surface area contributed by atoms with Crippen LogP contribution in [-0.4, -0.2) is 39.6 Å². The molecule has 0 N–H and O–H groups in total. The summed E-state index contributed by atoms with van der Waals surface area (Å²) >= 11 is 12.2. The van der Waals surface area contributed by atoms with E-state index < -0.39 is 5.54 Å². The number of amides is 1. The van der Waals surface area contributed by atoms with Gasteiger partial charge in [0.15, 0.2) is 10.8 Å². The van der Waals surface area contributed by atoms with Crippen LogP contribution in [0.25, 0.3) is 16.0 Å². The van der Waals surface area contributed by atoms with E-state index in [1.165, 1.54) is 0 Å². The number of thiocarbonyl (C=S) groups is 1. The summed E-state index contributed by atoms with van der Waals surface area (Å²) in [5.74, 6) is 0.606. The highest BCUT2D eigenvalue weighted by Crippen LogP contribution is 2.37. The molecule has 36 heavy (non-hydrogen) atoms. The number of carbonyl (C=O) groups excluding carboxylic acids is 1. The third-order valence-corrected chi connectivity index (χ3v) is 7.36. The van der Waals surface area contributed by atoms with Crippen molar-refractivity contribution in [1.29, 1.82) is 0 Å². The number of hydrogen-bond donors (Lipinski definition) is 0. The number of nitrogens with zero attached hydrogens (tertiary/aromatic N) is 4. The molecule has 0 atom stereocenters. The summed E-state index contributed by atoms with van der Waals surface area (Å²) in [5.41, 5.74) is 4.18. The Morgan fingerprint density at radius 3 is 2.50 bits per heavy atom. The molecule has 3 aromatic rings. The summed E-state index contributed by atoms with van der Waals surface area (Å²) in [5, 5.41) is 1.07. The molecule has 0 bridgehead atoms. The van der Waals surface area contributed by atoms with E-state index in [9.17, 15) is 4.79 Å². The zero-order chi connectivity index (χ0) is 26.0. The SMILES string of the molecule is [C-]#[N+]c1ccc(N2C(=O)C(C)(C)N(CCCOc3ccc(-c4ccncc4)c(Cl)c3)C2=S)c(C)c1C. The highest BCUT2D eigenvalue weighted by molar-refractivity contribution is 7.80. The molecule has 0 unspecified atom stereocenters. The Morgan fingerprint density at radius 1 is 1.11 bits per heavy atom. The second-order valence-corrected chi connectivity index (χ2v) is 9.95. The number of anilines is 1. The van der Waals surface area contributed by atoms with Crippen molar-refractivity contribution in [1.82, 2.24) is 9.88 Å². The van der Waals surface area contributed by atoms with Crippen molar-refractivity contribution in [3.8, 4) is 16.9 Å². The molecule has 0 aliphatic carbocycles. The van der Waals surface area contributed by atoms with Crippen LogP contribution in [0.3, 0.4) is 0 Å². The first-order valence-electron chi connectivity index (χ1n) is 11.6. The van der Waals surface area contributed by atoms with Crippen molar-refractivity contribution in [2.24, 2.45) is 0 Å². The third kappa shape index (κ3) is 4.67. The summed E-state index contributed by atoms with van der Waals surface area (Å²) in [6.45, 7) is 15.9. The van der Waals surface area contributed by atoms with Gasteiger partial charge in [0, 0.05) is 24.5 Å². The smallest absolute Gasteiger partial charge is 0.258 e. The Bertz CT molecular complexity index is 1370. The predicted octanol–water partition coefficient (Wildman–Crippen LogP) is 6.75. The first-order chi connectivity index (χ1) is 17.2. The van der Waals surface area contributed by atoms with Crippen molar-refractivity contribution < 1.29 is 9.53 Å². The topological polar surface area (TPSA) is 50.0 Å². The third-order valence-electron chi connectivity index (χ3n) is 6.64. The zero-order valence-electron chi connectivity index (χ0n) is 20.7. The molecule has 2 heterocycles. The fourth-order valence-electron chi connectivity index (χ4n) is 4.34. The highest BCUT2D eigenvalue weighted by atomic mass is 35.5. The van der Waals surface area contributed by atoms with Crippen molar-refractivity contribution >= 4 is 46.2 Å². The fourth-order valence-corrected chi connectivity index (χ4v) is 5.12. The molecule has 1 saturated heterocycles. The van der Waals surface area contributed by atoms with Crippen LogP contribution in [-0.2, 0) is 4.79 Å². The molecule has 1 fully saturated rings. The van der Waals surface area contributed by atoms with Crippen LogP contribution < -0.4 is 9.64 Å². The number of ether oxygens (including phenoxy) is 1. The summed E-state index contributed by atoms with van der Waals surface area (Å²) in [6.07, 6.45) is 4.14. The maximum atomic E-state index is 13.4. The Balaban J connectivity index is 1.42. The summed E-state index contributed by atoms with van der Waals surface area (Å²) < 4.78 is 5.95. The van der Waals surface area contributed by atoms with Crippen molar-refractivity contribution in [2.45, 2.75) is 39.7 Å². The number of aromatic nitrogens is 1. The van der Waals surface area contributed by atoms with Crippen LogP contribution in [0.2, 0.25) is 5.02 Å². The maximum absolute atomic E-state index is 13.4. The van der Waals surface area contributed by atoms with E-state index in [-0.39, 0.29) is 5.91 Å². The lowest BCUT2D eigenvalue weighted by molar-refractivity contribution is -0.123. The molecule has 1 amide bonds. The van der Waals surface area contributed by atoms with Crippen LogP contribution in [0.15, 0.2) is 54.9 Å². The van der Waals surface area contributed by atoms with Gasteiger partial charge in [-0.05, 0) is 99.4 Å². The van der Waals surface area contributed by atoms with Crippen LogP contribution >= 0.6 is 23.8 Å². The summed E-state index contributed by atoms with van der Waals surface area (Å²) in [6, 6.07) is 13.0. The standard InChI is InChI=1S/C28H27ClN4O2S/c1-18-19(2)25(10-9-24(18)30-5)33-26(34)28(3,4)32(27(33)36)15-6-16-35-21-7-8-22(23(29)17-21)20-11-13-31-14-12-20/h7-14,17H,6,15-16H2,1-4H3. The second kappa shape index (κ2) is 10.3. The molecule has 6 nitrogen and oxygen atoms in total. The minimum atomic E-state index is -0.786. The van der Waals surface area contributed by atoms with Gasteiger partial charge in [0.25, 0.3) is 5.91 Å². The van der Waals surface area contributed by atoms with Gasteiger partial charge in [-0.3, -0.25) is 14.7 Å². The molecule has 1 aliphatic heterocycles. The van der Waals surface area contributed by atoms with E-state index in [1.807, 2.05) is 69.0 Å². The average Bonchev–Trinajstić information content (AvgIpc) is 3.03. The minimum absolute atomic E-state index is 0.0787. The summed E-state index contributed by atoms with van der Waals surface area (Å²) in [4.78, 5) is 24.5. The molecule has 0 spiro atoms. The molecule has 2 aromatic carbocycles. The number of hydrogen-bond acceptors (Lipinski definition) is 4. The highest BCUT2D eigenvalue weighted by Gasteiger charge is 2.49. The number of pyridine rings is 1. The lowest BCUT2D eigenvalue weighted by atomic mass is 10.0. The van der Waals surface area contributed by atoms with E-state index in [0.717, 1.165) is 27.9 Å². The van der Waals surface area contributed by atoms with Crippen molar-refractivity contribution in [3.05, 3.63) is 82.4 Å². The van der Waals surface area contributed by atoms with Crippen LogP contribution in [0.4, 0.5) is 11.4 Å². The van der Waals surface area contributed by atoms with E-state index in [1.54, 1.807) is 23.4 Å². The molecular weight excluding hydrogens is 492 g/mol. The Kier molecular flexibility index (Phi) is 7.30. The molecular formula is C28H27ClN4O2S. The lowest BCUT2D eigenvalue weighted by Gasteiger charge is -2.29. The second-order valence-electron chi connectivity index (χ2n) is 9.18. The maximum Gasteiger partial charge on any atom is 0.258 e. The predicted molar refractivity (Wildman–Crippen MR) is 148 cm³/mol. The molecule has 0 radical (unpaired) electrons. The van der Waals surface area contributed by atoms with Gasteiger partial charge in [0.05, 0.1) is 23.9 Å². The van der Waals surface area contributed by atoms with Crippen molar-refractivity contribution in [2.75, 3.05) is 18.1 Å². The molecule has 4 rings (SSSR count). The first kappa shape index (κ1) is 25.6. The number of halogens is 1. The molecule has 184 valence electrons. The number of rotatable bonds is 7. The average molecular weight is 519 g/mol. The van der Waals surface area contributed by atoms with Gasteiger partial charge in [-0.2, -0.15) is 0 Å². The van der Waals surface area contributed by atoms with Gasteiger partial charge >= 0.3 is 0 Å². The fraction of sp³-hybridized carbons (Fsp3) is 0.286. The quantitative estimate of drug-likeness (QED) is 0.197. The summed E-state index contributed by atoms with van der Waals surface area (Å²) in [7, 11) is 0. The molecule has 1 aromatic heterocycles. The molecule has 8 heteroatoms. The van der Waals surface area contributed by atoms with Crippen LogP contribution in [0.5, 0.6) is 5.75 Å². The van der Waals surface area contributed by atoms with Crippen LogP contribution in [0, 0.1) is 20.4 Å². The lowest BCUT2D eigenvalue weighted by Crippen LogP contribution is -2.44. The van der Waals surface area contributed by atoms with E-state index >= 15 is 0 Å². The Morgan fingerprint density at radius 2 is 1.83 bits per heavy atom. The van der Waals surface area contributed by atoms with E-state index in [0.29, 0.717) is 41.1 Å². The minimum Gasteiger partial charge on any atom is -0.493 e. The van der Waals surface area contributed by atoms with Gasteiger partial charge in [0.2, 0.25) is 0 Å². The van der Waals surface area contributed by atoms with E-state index in [4.69, 9.17) is 35.1 Å².